The number of hydrogen-bond acceptors (Lipinski definition) is 7. The van der Waals surface area contributed by atoms with Crippen molar-refractivity contribution in [2.45, 2.75) is 76.9 Å². The third kappa shape index (κ3) is 7.32. The van der Waals surface area contributed by atoms with E-state index in [1.807, 2.05) is 56.4 Å². The SMILES string of the molecule is COC(=O)N[C@H](C(=O)N1CCC[C@H]1c1ncc(-c2ccc(-c3ccc(-c4cnc([C@@H]5C6CC[C@H](C6)[C@H]5C(=O)N[C@H](C)c5cccnc5)[nH]4)cc3)cc2)[nH]1)C(C)C. The smallest absolute Gasteiger partial charge is 0.407 e. The molecule has 12 heteroatoms. The van der Waals surface area contributed by atoms with E-state index in [0.29, 0.717) is 18.4 Å². The minimum absolute atomic E-state index is 0.0829. The van der Waals surface area contributed by atoms with Crippen LogP contribution in [0.5, 0.6) is 0 Å². The first-order valence-corrected chi connectivity index (χ1v) is 19.8. The van der Waals surface area contributed by atoms with Crippen LogP contribution in [0.15, 0.2) is 85.5 Å². The zero-order valence-corrected chi connectivity index (χ0v) is 32.4. The Hall–Kier alpha value is -5.78. The second-order valence-electron chi connectivity index (χ2n) is 16.0. The Morgan fingerprint density at radius 2 is 1.41 bits per heavy atom. The third-order valence-corrected chi connectivity index (χ3v) is 12.2. The largest absolute Gasteiger partial charge is 0.453 e. The monoisotopic (exact) mass is 754 g/mol. The molecule has 0 spiro atoms. The van der Waals surface area contributed by atoms with Gasteiger partial charge < -0.3 is 30.2 Å². The van der Waals surface area contributed by atoms with Crippen molar-refractivity contribution < 1.29 is 19.1 Å². The summed E-state index contributed by atoms with van der Waals surface area (Å²) in [5.74, 6) is 2.37. The van der Waals surface area contributed by atoms with Crippen molar-refractivity contribution in [2.24, 2.45) is 23.7 Å². The number of aromatic nitrogens is 5. The van der Waals surface area contributed by atoms with Crippen LogP contribution in [0.3, 0.4) is 0 Å². The number of fused-ring (bicyclic) bond motifs is 2. The number of nitrogens with zero attached hydrogens (tertiary/aromatic N) is 4. The number of rotatable bonds is 11. The molecule has 3 fully saturated rings. The molecule has 3 amide bonds. The Bertz CT molecular complexity index is 2160. The minimum Gasteiger partial charge on any atom is -0.453 e. The molecule has 5 aromatic rings. The number of hydrogen-bond donors (Lipinski definition) is 4. The van der Waals surface area contributed by atoms with Gasteiger partial charge in [-0.2, -0.15) is 0 Å². The number of amides is 3. The molecule has 7 atom stereocenters. The van der Waals surface area contributed by atoms with Gasteiger partial charge in [0.15, 0.2) is 0 Å². The van der Waals surface area contributed by atoms with Gasteiger partial charge in [-0.25, -0.2) is 14.8 Å². The zero-order valence-electron chi connectivity index (χ0n) is 32.4. The summed E-state index contributed by atoms with van der Waals surface area (Å²) in [7, 11) is 1.30. The van der Waals surface area contributed by atoms with Crippen LogP contribution in [-0.2, 0) is 14.3 Å². The lowest BCUT2D eigenvalue weighted by molar-refractivity contribution is -0.135. The molecule has 12 nitrogen and oxygen atoms in total. The lowest BCUT2D eigenvalue weighted by atomic mass is 9.78. The van der Waals surface area contributed by atoms with Crippen LogP contribution in [0.2, 0.25) is 0 Å². The lowest BCUT2D eigenvalue weighted by Gasteiger charge is -2.30. The van der Waals surface area contributed by atoms with Crippen LogP contribution in [0.1, 0.15) is 88.1 Å². The van der Waals surface area contributed by atoms with Crippen molar-refractivity contribution in [3.63, 3.8) is 0 Å². The molecule has 0 radical (unpaired) electrons. The van der Waals surface area contributed by atoms with E-state index in [2.05, 4.69) is 79.1 Å². The maximum atomic E-state index is 13.7. The van der Waals surface area contributed by atoms with E-state index in [0.717, 1.165) is 83.0 Å². The predicted octanol–water partition coefficient (Wildman–Crippen LogP) is 7.58. The number of imidazole rings is 2. The van der Waals surface area contributed by atoms with Gasteiger partial charge in [0.25, 0.3) is 0 Å². The molecule has 3 aliphatic rings. The molecule has 2 saturated carbocycles. The first-order chi connectivity index (χ1) is 27.2. The number of ether oxygens (including phenoxy) is 1. The Morgan fingerprint density at radius 1 is 0.786 bits per heavy atom. The van der Waals surface area contributed by atoms with Gasteiger partial charge in [-0.15, -0.1) is 0 Å². The Kier molecular flexibility index (Phi) is 10.5. The molecule has 8 rings (SSSR count). The van der Waals surface area contributed by atoms with Crippen LogP contribution < -0.4 is 10.6 Å². The van der Waals surface area contributed by atoms with Crippen LogP contribution in [0.4, 0.5) is 4.79 Å². The number of aromatic amines is 2. The summed E-state index contributed by atoms with van der Waals surface area (Å²) in [5, 5.41) is 5.98. The van der Waals surface area contributed by atoms with Crippen LogP contribution in [0, 0.1) is 23.7 Å². The zero-order chi connectivity index (χ0) is 38.9. The molecule has 1 unspecified atom stereocenters. The normalized spacial score (nSPS) is 22.6. The Balaban J connectivity index is 0.922. The first-order valence-electron chi connectivity index (χ1n) is 19.8. The summed E-state index contributed by atoms with van der Waals surface area (Å²) >= 11 is 0. The molecule has 2 aromatic carbocycles. The highest BCUT2D eigenvalue weighted by Gasteiger charge is 2.52. The minimum atomic E-state index is -0.677. The van der Waals surface area contributed by atoms with E-state index < -0.39 is 12.1 Å². The van der Waals surface area contributed by atoms with E-state index in [-0.39, 0.29) is 41.7 Å². The second kappa shape index (κ2) is 15.8. The van der Waals surface area contributed by atoms with Crippen molar-refractivity contribution in [3.8, 4) is 33.6 Å². The fourth-order valence-electron chi connectivity index (χ4n) is 9.27. The number of alkyl carbamates (subject to hydrolysis) is 1. The Morgan fingerprint density at radius 3 is 2.04 bits per heavy atom. The number of H-pyrrole nitrogens is 2. The number of methoxy groups -OCH3 is 1. The standard InChI is InChI=1S/C44H50N8O4/c1-25(2)39(51-44(55)56-4)43(54)52-20-6-8-36(52)40-46-23-34(49-40)29-13-9-27(10-14-29)28-11-15-30(16-12-28)35-24-47-41(50-35)37-31-17-18-32(21-31)38(37)42(53)48-26(3)33-7-5-19-45-22-33/h5,7,9-16,19,22-26,31-32,36-39H,6,8,17-18,20-21H2,1-4H3,(H,46,49)(H,47,50)(H,48,53)(H,51,55)/t26-,31?,32-,36+,37-,38-,39+/m1/s1. The summed E-state index contributed by atoms with van der Waals surface area (Å²) in [6.45, 7) is 6.44. The van der Waals surface area contributed by atoms with E-state index in [4.69, 9.17) is 9.72 Å². The van der Waals surface area contributed by atoms with E-state index in [1.165, 1.54) is 7.11 Å². The number of likely N-dealkylation sites (tertiary alicyclic amines) is 1. The molecule has 2 bridgehead atoms. The molecule has 1 aliphatic heterocycles. The van der Waals surface area contributed by atoms with Gasteiger partial charge in [-0.1, -0.05) is 68.4 Å². The van der Waals surface area contributed by atoms with Gasteiger partial charge in [0.2, 0.25) is 11.8 Å². The molecule has 4 N–H and O–H groups in total. The molecule has 56 heavy (non-hydrogen) atoms. The summed E-state index contributed by atoms with van der Waals surface area (Å²) < 4.78 is 4.76. The lowest BCUT2D eigenvalue weighted by Crippen LogP contribution is -2.51. The quantitative estimate of drug-likeness (QED) is 0.108. The highest BCUT2D eigenvalue weighted by molar-refractivity contribution is 5.86. The average molecular weight is 755 g/mol. The highest BCUT2D eigenvalue weighted by Crippen LogP contribution is 2.56. The maximum absolute atomic E-state index is 13.7. The molecular formula is C44H50N8O4. The average Bonchev–Trinajstić information content (AvgIpc) is 4.08. The summed E-state index contributed by atoms with van der Waals surface area (Å²) in [5.41, 5.74) is 7.06. The van der Waals surface area contributed by atoms with Crippen LogP contribution in [0.25, 0.3) is 33.6 Å². The van der Waals surface area contributed by atoms with E-state index in [9.17, 15) is 14.4 Å². The van der Waals surface area contributed by atoms with Gasteiger partial charge in [0.1, 0.15) is 17.7 Å². The molecule has 4 heterocycles. The molecule has 2 aliphatic carbocycles. The van der Waals surface area contributed by atoms with Crippen molar-refractivity contribution in [2.75, 3.05) is 13.7 Å². The maximum Gasteiger partial charge on any atom is 0.407 e. The molecule has 3 aromatic heterocycles. The number of carbonyl (C=O) groups excluding carboxylic acids is 3. The topological polar surface area (TPSA) is 158 Å². The predicted molar refractivity (Wildman–Crippen MR) is 213 cm³/mol. The van der Waals surface area contributed by atoms with E-state index in [1.54, 1.807) is 6.20 Å². The molecule has 1 saturated heterocycles. The van der Waals surface area contributed by atoms with Gasteiger partial charge >= 0.3 is 6.09 Å². The second-order valence-corrected chi connectivity index (χ2v) is 16.0. The summed E-state index contributed by atoms with van der Waals surface area (Å²) in [6, 6.07) is 19.8. The summed E-state index contributed by atoms with van der Waals surface area (Å²) in [4.78, 5) is 61.9. The fourth-order valence-corrected chi connectivity index (χ4v) is 9.27. The molecule has 290 valence electrons. The summed E-state index contributed by atoms with van der Waals surface area (Å²) in [6.07, 6.45) is 11.6. The van der Waals surface area contributed by atoms with Crippen molar-refractivity contribution >= 4 is 17.9 Å². The van der Waals surface area contributed by atoms with Crippen molar-refractivity contribution in [1.29, 1.82) is 0 Å². The van der Waals surface area contributed by atoms with Gasteiger partial charge in [0, 0.05) is 24.9 Å². The number of benzene rings is 2. The number of carbonyl (C=O) groups is 3. The van der Waals surface area contributed by atoms with Crippen LogP contribution in [-0.4, -0.2) is 67.4 Å². The third-order valence-electron chi connectivity index (χ3n) is 12.2. The highest BCUT2D eigenvalue weighted by atomic mass is 16.5. The molecular weight excluding hydrogens is 705 g/mol. The number of nitrogens with one attached hydrogen (secondary N) is 4. The van der Waals surface area contributed by atoms with Crippen molar-refractivity contribution in [3.05, 3.63) is 103 Å². The van der Waals surface area contributed by atoms with Gasteiger partial charge in [-0.05, 0) is 90.7 Å². The van der Waals surface area contributed by atoms with Gasteiger partial charge in [0.05, 0.1) is 48.9 Å². The first kappa shape index (κ1) is 37.2. The van der Waals surface area contributed by atoms with E-state index >= 15 is 0 Å². The fraction of sp³-hybridized carbons (Fsp3) is 0.409. The van der Waals surface area contributed by atoms with Crippen molar-refractivity contribution in [1.82, 2.24) is 40.5 Å². The van der Waals surface area contributed by atoms with Crippen LogP contribution >= 0.6 is 0 Å². The Labute approximate surface area is 327 Å². The van der Waals surface area contributed by atoms with Gasteiger partial charge in [-0.3, -0.25) is 14.6 Å². The number of pyridine rings is 1.